The molecule has 0 aromatic heterocycles. The van der Waals surface area contributed by atoms with Crippen LogP contribution in [0.25, 0.3) is 0 Å². The van der Waals surface area contributed by atoms with Gasteiger partial charge in [-0.15, -0.1) is 0 Å². The van der Waals surface area contributed by atoms with E-state index >= 15 is 0 Å². The summed E-state index contributed by atoms with van der Waals surface area (Å²) in [5.41, 5.74) is 6.93. The van der Waals surface area contributed by atoms with E-state index < -0.39 is 5.97 Å². The van der Waals surface area contributed by atoms with E-state index in [0.29, 0.717) is 11.3 Å². The molecule has 1 aromatic carbocycles. The van der Waals surface area contributed by atoms with Crippen molar-refractivity contribution >= 4 is 17.6 Å². The van der Waals surface area contributed by atoms with Gasteiger partial charge in [0.25, 0.3) is 0 Å². The maximum absolute atomic E-state index is 11.6. The number of carbonyl (C=O) groups excluding carboxylic acids is 2. The van der Waals surface area contributed by atoms with Crippen LogP contribution in [0.1, 0.15) is 22.8 Å². The number of carbonyl (C=O) groups is 2. The van der Waals surface area contributed by atoms with Gasteiger partial charge in [0.2, 0.25) is 0 Å². The van der Waals surface area contributed by atoms with Gasteiger partial charge in [-0.2, -0.15) is 0 Å². The second kappa shape index (κ2) is 5.89. The van der Waals surface area contributed by atoms with Gasteiger partial charge in [-0.25, -0.2) is 4.79 Å². The number of nitrogen functional groups attached to an aromatic ring is 1. The van der Waals surface area contributed by atoms with E-state index in [-0.39, 0.29) is 24.6 Å². The summed E-state index contributed by atoms with van der Waals surface area (Å²) in [4.78, 5) is 22.7. The van der Waals surface area contributed by atoms with Crippen LogP contribution in [-0.2, 0) is 20.7 Å². The van der Waals surface area contributed by atoms with E-state index in [4.69, 9.17) is 10.5 Å². The van der Waals surface area contributed by atoms with E-state index in [1.54, 1.807) is 25.1 Å². The van der Waals surface area contributed by atoms with E-state index in [0.717, 1.165) is 0 Å². The zero-order valence-corrected chi connectivity index (χ0v) is 9.86. The van der Waals surface area contributed by atoms with Crippen molar-refractivity contribution in [3.05, 3.63) is 29.3 Å². The molecule has 0 spiro atoms. The number of hydrogen-bond acceptors (Lipinski definition) is 5. The van der Waals surface area contributed by atoms with Crippen molar-refractivity contribution in [3.8, 4) is 0 Å². The predicted molar refractivity (Wildman–Crippen MR) is 62.5 cm³/mol. The summed E-state index contributed by atoms with van der Waals surface area (Å²) in [6.45, 7) is 1.99. The van der Waals surface area contributed by atoms with Crippen LogP contribution in [0.2, 0.25) is 0 Å². The Labute approximate surface area is 99.5 Å². The Kier molecular flexibility index (Phi) is 4.51. The summed E-state index contributed by atoms with van der Waals surface area (Å²) >= 11 is 0. The Balaban J connectivity index is 2.94. The molecule has 0 aliphatic carbocycles. The molecule has 1 aromatic rings. The molecule has 0 unspecified atom stereocenters. The van der Waals surface area contributed by atoms with E-state index in [1.807, 2.05) is 0 Å². The molecule has 0 fully saturated rings. The van der Waals surface area contributed by atoms with Crippen LogP contribution >= 0.6 is 0 Å². The standard InChI is InChI=1S/C12H15NO4/c1-3-17-12(15)9-6-8(4-5-10(9)13)7-11(14)16-2/h4-6H,3,7,13H2,1-2H3. The first-order valence-corrected chi connectivity index (χ1v) is 5.20. The van der Waals surface area contributed by atoms with E-state index in [9.17, 15) is 9.59 Å². The SMILES string of the molecule is CCOC(=O)c1cc(CC(=O)OC)ccc1N. The van der Waals surface area contributed by atoms with Gasteiger partial charge in [-0.05, 0) is 24.6 Å². The fourth-order valence-corrected chi connectivity index (χ4v) is 1.34. The summed E-state index contributed by atoms with van der Waals surface area (Å²) in [5, 5.41) is 0. The summed E-state index contributed by atoms with van der Waals surface area (Å²) in [7, 11) is 1.31. The Bertz CT molecular complexity index is 429. The van der Waals surface area contributed by atoms with Gasteiger partial charge in [0, 0.05) is 5.69 Å². The molecule has 2 N–H and O–H groups in total. The topological polar surface area (TPSA) is 78.6 Å². The van der Waals surface area contributed by atoms with Crippen molar-refractivity contribution in [1.29, 1.82) is 0 Å². The summed E-state index contributed by atoms with van der Waals surface area (Å²) in [5.74, 6) is -0.860. The summed E-state index contributed by atoms with van der Waals surface area (Å²) in [6, 6.07) is 4.80. The van der Waals surface area contributed by atoms with Crippen LogP contribution in [-0.4, -0.2) is 25.7 Å². The third-order valence-corrected chi connectivity index (χ3v) is 2.19. The molecule has 0 aliphatic heterocycles. The van der Waals surface area contributed by atoms with Gasteiger partial charge < -0.3 is 15.2 Å². The van der Waals surface area contributed by atoms with Crippen LogP contribution in [0.15, 0.2) is 18.2 Å². The van der Waals surface area contributed by atoms with Crippen molar-refractivity contribution < 1.29 is 19.1 Å². The lowest BCUT2D eigenvalue weighted by molar-refractivity contribution is -0.139. The third kappa shape index (κ3) is 3.48. The normalized spacial score (nSPS) is 9.76. The third-order valence-electron chi connectivity index (χ3n) is 2.19. The van der Waals surface area contributed by atoms with Crippen molar-refractivity contribution in [1.82, 2.24) is 0 Å². The number of rotatable bonds is 4. The lowest BCUT2D eigenvalue weighted by Gasteiger charge is -2.07. The van der Waals surface area contributed by atoms with Crippen molar-refractivity contribution in [2.24, 2.45) is 0 Å². The molecular formula is C12H15NO4. The zero-order chi connectivity index (χ0) is 12.8. The monoisotopic (exact) mass is 237 g/mol. The van der Waals surface area contributed by atoms with Crippen molar-refractivity contribution in [3.63, 3.8) is 0 Å². The molecule has 5 nitrogen and oxygen atoms in total. The fourth-order valence-electron chi connectivity index (χ4n) is 1.34. The molecule has 0 saturated heterocycles. The lowest BCUT2D eigenvalue weighted by atomic mass is 10.1. The van der Waals surface area contributed by atoms with Gasteiger partial charge in [0.1, 0.15) is 0 Å². The number of hydrogen-bond donors (Lipinski definition) is 1. The van der Waals surface area contributed by atoms with Crippen LogP contribution < -0.4 is 5.73 Å². The highest BCUT2D eigenvalue weighted by Crippen LogP contribution is 2.16. The average Bonchev–Trinajstić information content (AvgIpc) is 2.31. The molecule has 0 radical (unpaired) electrons. The number of nitrogens with two attached hydrogens (primary N) is 1. The van der Waals surface area contributed by atoms with Gasteiger partial charge in [-0.3, -0.25) is 4.79 Å². The van der Waals surface area contributed by atoms with Crippen LogP contribution in [0.5, 0.6) is 0 Å². The number of esters is 2. The minimum Gasteiger partial charge on any atom is -0.469 e. The second-order valence-corrected chi connectivity index (χ2v) is 3.39. The van der Waals surface area contributed by atoms with E-state index in [1.165, 1.54) is 7.11 Å². The van der Waals surface area contributed by atoms with Gasteiger partial charge in [-0.1, -0.05) is 6.07 Å². The van der Waals surface area contributed by atoms with Crippen LogP contribution in [0, 0.1) is 0 Å². The molecule has 0 saturated carbocycles. The highest BCUT2D eigenvalue weighted by molar-refractivity contribution is 5.95. The Morgan fingerprint density at radius 3 is 2.65 bits per heavy atom. The van der Waals surface area contributed by atoms with Crippen LogP contribution in [0.3, 0.4) is 0 Å². The maximum atomic E-state index is 11.6. The van der Waals surface area contributed by atoms with Crippen molar-refractivity contribution in [2.75, 3.05) is 19.5 Å². The molecule has 0 aliphatic rings. The number of methoxy groups -OCH3 is 1. The van der Waals surface area contributed by atoms with Crippen molar-refractivity contribution in [2.45, 2.75) is 13.3 Å². The van der Waals surface area contributed by atoms with Gasteiger partial charge in [0.15, 0.2) is 0 Å². The maximum Gasteiger partial charge on any atom is 0.340 e. The second-order valence-electron chi connectivity index (χ2n) is 3.39. The number of ether oxygens (including phenoxy) is 2. The smallest absolute Gasteiger partial charge is 0.340 e. The minimum absolute atomic E-state index is 0.100. The molecule has 0 amide bonds. The average molecular weight is 237 g/mol. The minimum atomic E-state index is -0.489. The molecule has 1 rings (SSSR count). The first-order valence-electron chi connectivity index (χ1n) is 5.20. The molecule has 92 valence electrons. The number of anilines is 1. The summed E-state index contributed by atoms with van der Waals surface area (Å²) < 4.78 is 9.41. The highest BCUT2D eigenvalue weighted by atomic mass is 16.5. The fraction of sp³-hybridized carbons (Fsp3) is 0.333. The molecular weight excluding hydrogens is 222 g/mol. The molecule has 0 bridgehead atoms. The molecule has 0 heterocycles. The predicted octanol–water partition coefficient (Wildman–Crippen LogP) is 1.16. The molecule has 17 heavy (non-hydrogen) atoms. The number of benzene rings is 1. The first-order chi connectivity index (χ1) is 8.08. The van der Waals surface area contributed by atoms with Crippen LogP contribution in [0.4, 0.5) is 5.69 Å². The largest absolute Gasteiger partial charge is 0.469 e. The van der Waals surface area contributed by atoms with E-state index in [2.05, 4.69) is 4.74 Å². The molecule has 5 heteroatoms. The quantitative estimate of drug-likeness (QED) is 0.628. The summed E-state index contributed by atoms with van der Waals surface area (Å²) in [6.07, 6.45) is 0.100. The lowest BCUT2D eigenvalue weighted by Crippen LogP contribution is -2.10. The zero-order valence-electron chi connectivity index (χ0n) is 9.86. The highest BCUT2D eigenvalue weighted by Gasteiger charge is 2.12. The Morgan fingerprint density at radius 1 is 1.35 bits per heavy atom. The first kappa shape index (κ1) is 13.0. The Hall–Kier alpha value is -2.04. The van der Waals surface area contributed by atoms with Gasteiger partial charge >= 0.3 is 11.9 Å². The van der Waals surface area contributed by atoms with Gasteiger partial charge in [0.05, 0.1) is 25.7 Å². The Morgan fingerprint density at radius 2 is 2.06 bits per heavy atom. The molecule has 0 atom stereocenters.